The highest BCUT2D eigenvalue weighted by atomic mass is 31.2. The molecule has 6 atom stereocenters. The summed E-state index contributed by atoms with van der Waals surface area (Å²) < 4.78 is 68.2. The van der Waals surface area contributed by atoms with Crippen LogP contribution in [0.25, 0.3) is 0 Å². The molecule has 17 nitrogen and oxygen atoms in total. The number of carbonyl (C=O) groups excluding carboxylic acids is 4. The fourth-order valence-corrected chi connectivity index (χ4v) is 11.7. The Morgan fingerprint density at radius 1 is 0.367 bits per heavy atom. The molecule has 0 aromatic carbocycles. The summed E-state index contributed by atoms with van der Waals surface area (Å²) in [5.41, 5.74) is 0. The smallest absolute Gasteiger partial charge is 0.462 e. The summed E-state index contributed by atoms with van der Waals surface area (Å²) in [6.45, 7) is 11.7. The molecule has 3 unspecified atom stereocenters. The first kappa shape index (κ1) is 87.5. The number of carbonyl (C=O) groups is 4. The standard InChI is InChI=1S/C71H134O17P2/c1-8-10-11-12-13-14-15-16-17-20-23-26-29-38-45-52-68(73)81-58-66(87-70(75)54-47-40-30-27-24-21-18-19-22-25-28-35-42-49-62(3)4)60-85-89(77,78)83-56-65(72)57-84-90(79,80)86-61-67(59-82-69(74)53-46-39-33-31-36-43-50-63(5)6)88-71(76)55-48-41-34-32-37-44-51-64(7)9-2/h14-17,62-67,72H,8-13,18-61H2,1-7H3,(H,77,78)(H,79,80)/b15-14-,17-16-/t64?,65-,66-,67-/m1/s1. The van der Waals surface area contributed by atoms with Gasteiger partial charge >= 0.3 is 39.5 Å². The molecule has 0 aliphatic carbocycles. The number of esters is 4. The van der Waals surface area contributed by atoms with Crippen molar-refractivity contribution < 1.29 is 80.2 Å². The highest BCUT2D eigenvalue weighted by Gasteiger charge is 2.30. The molecule has 0 saturated carbocycles. The van der Waals surface area contributed by atoms with Crippen molar-refractivity contribution in [1.29, 1.82) is 0 Å². The van der Waals surface area contributed by atoms with Gasteiger partial charge in [0.1, 0.15) is 19.3 Å². The molecule has 90 heavy (non-hydrogen) atoms. The molecule has 0 aromatic rings. The van der Waals surface area contributed by atoms with E-state index >= 15 is 0 Å². The molecule has 0 spiro atoms. The molecule has 0 heterocycles. The first-order valence-corrected chi connectivity index (χ1v) is 39.2. The van der Waals surface area contributed by atoms with Crippen LogP contribution in [-0.2, 0) is 65.4 Å². The Bertz CT molecular complexity index is 1860. The van der Waals surface area contributed by atoms with Crippen molar-refractivity contribution in [3.8, 4) is 0 Å². The fourth-order valence-electron chi connectivity index (χ4n) is 10.1. The Morgan fingerprint density at radius 3 is 0.989 bits per heavy atom. The molecular weight excluding hydrogens is 1190 g/mol. The van der Waals surface area contributed by atoms with E-state index in [0.29, 0.717) is 31.6 Å². The van der Waals surface area contributed by atoms with Gasteiger partial charge in [0.05, 0.1) is 26.4 Å². The van der Waals surface area contributed by atoms with E-state index in [1.165, 1.54) is 116 Å². The summed E-state index contributed by atoms with van der Waals surface area (Å²) in [4.78, 5) is 72.5. The Morgan fingerprint density at radius 2 is 0.656 bits per heavy atom. The highest BCUT2D eigenvalue weighted by molar-refractivity contribution is 7.47. The van der Waals surface area contributed by atoms with Crippen molar-refractivity contribution >= 4 is 39.5 Å². The number of hydrogen-bond donors (Lipinski definition) is 3. The topological polar surface area (TPSA) is 237 Å². The Balaban J connectivity index is 5.28. The molecule has 0 aromatic heterocycles. The first-order chi connectivity index (χ1) is 43.3. The van der Waals surface area contributed by atoms with E-state index in [1.807, 2.05) is 0 Å². The average molecular weight is 1320 g/mol. The van der Waals surface area contributed by atoms with E-state index < -0.39 is 97.5 Å². The summed E-state index contributed by atoms with van der Waals surface area (Å²) in [5.74, 6) is 0.0199. The molecule has 0 amide bonds. The second kappa shape index (κ2) is 61.4. The number of ether oxygens (including phenoxy) is 4. The first-order valence-electron chi connectivity index (χ1n) is 36.2. The lowest BCUT2D eigenvalue weighted by Crippen LogP contribution is -2.30. The minimum Gasteiger partial charge on any atom is -0.462 e. The van der Waals surface area contributed by atoms with E-state index in [-0.39, 0.29) is 25.7 Å². The van der Waals surface area contributed by atoms with E-state index in [4.69, 9.17) is 37.0 Å². The van der Waals surface area contributed by atoms with Gasteiger partial charge in [0.25, 0.3) is 0 Å². The summed E-state index contributed by atoms with van der Waals surface area (Å²) in [5, 5.41) is 10.6. The van der Waals surface area contributed by atoms with Gasteiger partial charge in [0.2, 0.25) is 0 Å². The van der Waals surface area contributed by atoms with Gasteiger partial charge < -0.3 is 33.8 Å². The lowest BCUT2D eigenvalue weighted by molar-refractivity contribution is -0.161. The molecular formula is C71H134O17P2. The third kappa shape index (κ3) is 63.0. The van der Waals surface area contributed by atoms with Gasteiger partial charge in [0, 0.05) is 25.7 Å². The maximum atomic E-state index is 13.0. The maximum Gasteiger partial charge on any atom is 0.472 e. The fraction of sp³-hybridized carbons (Fsp3) is 0.887. The van der Waals surface area contributed by atoms with Gasteiger partial charge in [-0.3, -0.25) is 37.3 Å². The number of unbranched alkanes of at least 4 members (excludes halogenated alkanes) is 31. The molecule has 0 radical (unpaired) electrons. The van der Waals surface area contributed by atoms with Crippen LogP contribution in [0.15, 0.2) is 24.3 Å². The number of rotatable bonds is 67. The molecule has 0 saturated heterocycles. The molecule has 3 N–H and O–H groups in total. The van der Waals surface area contributed by atoms with Crippen molar-refractivity contribution in [3.63, 3.8) is 0 Å². The number of aliphatic hydroxyl groups is 1. The normalized spacial score (nSPS) is 14.7. The van der Waals surface area contributed by atoms with Gasteiger partial charge in [0.15, 0.2) is 12.2 Å². The van der Waals surface area contributed by atoms with Crippen molar-refractivity contribution in [2.45, 2.75) is 349 Å². The molecule has 0 rings (SSSR count). The average Bonchev–Trinajstić information content (AvgIpc) is 3.72. The SMILES string of the molecule is CCCCCC/C=C\C=C/CCCCCCCC(=O)OC[C@H](COP(=O)(O)OC[C@@H](O)COP(=O)(O)OC[C@@H](COC(=O)CCCCCCCCC(C)C)OC(=O)CCCCCCCCC(C)CC)OC(=O)CCCCCCCCCCCCCCCC(C)C. The van der Waals surface area contributed by atoms with Crippen molar-refractivity contribution in [2.24, 2.45) is 17.8 Å². The van der Waals surface area contributed by atoms with Crippen LogP contribution >= 0.6 is 15.6 Å². The highest BCUT2D eigenvalue weighted by Crippen LogP contribution is 2.45. The van der Waals surface area contributed by atoms with Gasteiger partial charge in [-0.05, 0) is 69.1 Å². The minimum absolute atomic E-state index is 0.0993. The van der Waals surface area contributed by atoms with Crippen LogP contribution in [0.5, 0.6) is 0 Å². The zero-order chi connectivity index (χ0) is 66.6. The largest absolute Gasteiger partial charge is 0.472 e. The number of allylic oxidation sites excluding steroid dienone is 4. The summed E-state index contributed by atoms with van der Waals surface area (Å²) >= 11 is 0. The number of hydrogen-bond acceptors (Lipinski definition) is 15. The minimum atomic E-state index is -4.96. The lowest BCUT2D eigenvalue weighted by atomic mass is 10.00. The number of phosphoric ester groups is 2. The van der Waals surface area contributed by atoms with Gasteiger partial charge in [-0.1, -0.05) is 278 Å². The van der Waals surface area contributed by atoms with E-state index in [0.717, 1.165) is 127 Å². The van der Waals surface area contributed by atoms with Crippen LogP contribution in [0.2, 0.25) is 0 Å². The van der Waals surface area contributed by atoms with Crippen LogP contribution in [0.3, 0.4) is 0 Å². The Labute approximate surface area is 548 Å². The van der Waals surface area contributed by atoms with Gasteiger partial charge in [-0.15, -0.1) is 0 Å². The monoisotopic (exact) mass is 1320 g/mol. The quantitative estimate of drug-likeness (QED) is 0.0169. The van der Waals surface area contributed by atoms with E-state index in [2.05, 4.69) is 72.8 Å². The van der Waals surface area contributed by atoms with E-state index in [1.54, 1.807) is 0 Å². The van der Waals surface area contributed by atoms with Crippen LogP contribution in [0, 0.1) is 17.8 Å². The summed E-state index contributed by atoms with van der Waals surface area (Å²) in [6.07, 6.45) is 48.2. The number of aliphatic hydroxyl groups excluding tert-OH is 1. The summed E-state index contributed by atoms with van der Waals surface area (Å²) in [6, 6.07) is 0. The molecule has 0 aliphatic heterocycles. The van der Waals surface area contributed by atoms with Crippen LogP contribution < -0.4 is 0 Å². The van der Waals surface area contributed by atoms with Crippen molar-refractivity contribution in [2.75, 3.05) is 39.6 Å². The molecule has 530 valence electrons. The molecule has 0 fully saturated rings. The zero-order valence-electron chi connectivity index (χ0n) is 58.1. The Hall–Kier alpha value is -2.46. The molecule has 0 aliphatic rings. The van der Waals surface area contributed by atoms with Gasteiger partial charge in [-0.2, -0.15) is 0 Å². The lowest BCUT2D eigenvalue weighted by Gasteiger charge is -2.21. The zero-order valence-corrected chi connectivity index (χ0v) is 59.9. The predicted molar refractivity (Wildman–Crippen MR) is 363 cm³/mol. The van der Waals surface area contributed by atoms with Crippen molar-refractivity contribution in [3.05, 3.63) is 24.3 Å². The second-order valence-corrected chi connectivity index (χ2v) is 29.0. The Kier molecular flexibility index (Phi) is 59.7. The number of phosphoric acid groups is 2. The van der Waals surface area contributed by atoms with E-state index in [9.17, 15) is 43.2 Å². The molecule has 0 bridgehead atoms. The maximum absolute atomic E-state index is 13.0. The third-order valence-corrected chi connectivity index (χ3v) is 18.0. The molecule has 19 heteroatoms. The second-order valence-electron chi connectivity index (χ2n) is 26.1. The van der Waals surface area contributed by atoms with Crippen LogP contribution in [-0.4, -0.2) is 96.7 Å². The van der Waals surface area contributed by atoms with Crippen LogP contribution in [0.4, 0.5) is 0 Å². The van der Waals surface area contributed by atoms with Gasteiger partial charge in [-0.25, -0.2) is 9.13 Å². The third-order valence-electron chi connectivity index (χ3n) is 16.1. The predicted octanol–water partition coefficient (Wildman–Crippen LogP) is 19.8. The van der Waals surface area contributed by atoms with Crippen molar-refractivity contribution in [1.82, 2.24) is 0 Å². The van der Waals surface area contributed by atoms with Crippen LogP contribution in [0.1, 0.15) is 331 Å². The summed E-state index contributed by atoms with van der Waals surface area (Å²) in [7, 11) is -9.91.